The number of benzene rings is 1. The number of primary amides is 1. The van der Waals surface area contributed by atoms with Crippen LogP contribution in [-0.4, -0.2) is 15.9 Å². The summed E-state index contributed by atoms with van der Waals surface area (Å²) in [5, 5.41) is 2.55. The van der Waals surface area contributed by atoms with Crippen molar-refractivity contribution in [1.29, 1.82) is 0 Å². The number of rotatable bonds is 4. The number of amides is 1. The van der Waals surface area contributed by atoms with Gasteiger partial charge in [0.05, 0.1) is 5.69 Å². The van der Waals surface area contributed by atoms with Gasteiger partial charge in [-0.05, 0) is 36.2 Å². The summed E-state index contributed by atoms with van der Waals surface area (Å²) in [5.74, 6) is -0.545. The highest BCUT2D eigenvalue weighted by Gasteiger charge is 2.14. The average Bonchev–Trinajstić information content (AvgIpc) is 3.04. The molecule has 0 fully saturated rings. The molecule has 0 saturated heterocycles. The number of carbonyl (C=O) groups is 1. The van der Waals surface area contributed by atoms with Crippen LogP contribution in [0.5, 0.6) is 0 Å². The first kappa shape index (κ1) is 15.3. The molecule has 0 bridgehead atoms. The molecular weight excluding hydrogens is 313 g/mol. The zero-order chi connectivity index (χ0) is 16.4. The van der Waals surface area contributed by atoms with Crippen molar-refractivity contribution in [2.45, 2.75) is 13.6 Å². The van der Waals surface area contributed by atoms with Crippen molar-refractivity contribution in [1.82, 2.24) is 9.97 Å². The molecule has 6 heteroatoms. The Morgan fingerprint density at radius 2 is 2.13 bits per heavy atom. The van der Waals surface area contributed by atoms with Crippen LogP contribution in [0.2, 0.25) is 0 Å². The number of nitrogens with zero attached hydrogens (tertiary/aromatic N) is 2. The summed E-state index contributed by atoms with van der Waals surface area (Å²) in [6.45, 7) is 1.35. The van der Waals surface area contributed by atoms with Crippen molar-refractivity contribution >= 4 is 17.2 Å². The highest BCUT2D eigenvalue weighted by atomic mass is 32.1. The molecule has 0 radical (unpaired) electrons. The van der Waals surface area contributed by atoms with E-state index in [-0.39, 0.29) is 0 Å². The first-order valence-corrected chi connectivity index (χ1v) is 7.83. The third kappa shape index (κ3) is 2.98. The van der Waals surface area contributed by atoms with Gasteiger partial charge in [-0.3, -0.25) is 9.78 Å². The average molecular weight is 327 g/mol. The van der Waals surface area contributed by atoms with Gasteiger partial charge in [-0.2, -0.15) is 0 Å². The molecule has 0 aliphatic heterocycles. The van der Waals surface area contributed by atoms with Crippen LogP contribution < -0.4 is 5.73 Å². The molecule has 0 atom stereocenters. The van der Waals surface area contributed by atoms with E-state index < -0.39 is 12.6 Å². The Labute approximate surface area is 136 Å². The lowest BCUT2D eigenvalue weighted by molar-refractivity contribution is 0.100. The van der Waals surface area contributed by atoms with Crippen molar-refractivity contribution in [3.8, 4) is 21.8 Å². The van der Waals surface area contributed by atoms with Crippen molar-refractivity contribution in [3.05, 3.63) is 58.7 Å². The number of aromatic nitrogens is 2. The normalized spacial score (nSPS) is 10.7. The van der Waals surface area contributed by atoms with E-state index in [1.165, 1.54) is 17.4 Å². The first-order valence-electron chi connectivity index (χ1n) is 6.95. The summed E-state index contributed by atoms with van der Waals surface area (Å²) < 4.78 is 13.2. The van der Waals surface area contributed by atoms with Crippen LogP contribution in [0.25, 0.3) is 21.8 Å². The summed E-state index contributed by atoms with van der Waals surface area (Å²) in [6, 6.07) is 6.61. The molecule has 0 saturated carbocycles. The van der Waals surface area contributed by atoms with E-state index in [2.05, 4.69) is 9.97 Å². The molecule has 3 aromatic rings. The SMILES string of the molecule is Cc1ccncc1-c1csc(-c2cc(C(N)=O)ccc2CF)n1. The Hall–Kier alpha value is -2.60. The highest BCUT2D eigenvalue weighted by molar-refractivity contribution is 7.13. The third-order valence-corrected chi connectivity index (χ3v) is 4.46. The molecular formula is C17H14FN3OS. The predicted octanol–water partition coefficient (Wildman–Crippen LogP) is 3.75. The molecule has 23 heavy (non-hydrogen) atoms. The summed E-state index contributed by atoms with van der Waals surface area (Å²) in [5.41, 5.74) is 9.51. The summed E-state index contributed by atoms with van der Waals surface area (Å²) in [4.78, 5) is 20.1. The fraction of sp³-hybridized carbons (Fsp3) is 0.118. The molecule has 1 amide bonds. The maximum Gasteiger partial charge on any atom is 0.248 e. The van der Waals surface area contributed by atoms with Crippen molar-refractivity contribution in [2.24, 2.45) is 5.73 Å². The lowest BCUT2D eigenvalue weighted by Crippen LogP contribution is -2.11. The number of carbonyl (C=O) groups excluding carboxylic acids is 1. The van der Waals surface area contributed by atoms with Gasteiger partial charge in [-0.1, -0.05) is 6.07 Å². The maximum absolute atomic E-state index is 13.2. The van der Waals surface area contributed by atoms with Crippen LogP contribution in [0.3, 0.4) is 0 Å². The van der Waals surface area contributed by atoms with Gasteiger partial charge in [-0.25, -0.2) is 9.37 Å². The number of hydrogen-bond donors (Lipinski definition) is 1. The zero-order valence-corrected chi connectivity index (χ0v) is 13.2. The zero-order valence-electron chi connectivity index (χ0n) is 12.4. The van der Waals surface area contributed by atoms with Gasteiger partial charge in [0, 0.05) is 34.5 Å². The molecule has 4 nitrogen and oxygen atoms in total. The topological polar surface area (TPSA) is 68.9 Å². The van der Waals surface area contributed by atoms with E-state index in [9.17, 15) is 9.18 Å². The molecule has 2 heterocycles. The number of hydrogen-bond acceptors (Lipinski definition) is 4. The Morgan fingerprint density at radius 1 is 1.30 bits per heavy atom. The minimum Gasteiger partial charge on any atom is -0.366 e. The molecule has 1 aromatic carbocycles. The third-order valence-electron chi connectivity index (χ3n) is 3.59. The Morgan fingerprint density at radius 3 is 2.83 bits per heavy atom. The van der Waals surface area contributed by atoms with Crippen LogP contribution in [0.4, 0.5) is 4.39 Å². The lowest BCUT2D eigenvalue weighted by Gasteiger charge is -2.06. The maximum atomic E-state index is 13.2. The van der Waals surface area contributed by atoms with Crippen LogP contribution in [0.1, 0.15) is 21.5 Å². The van der Waals surface area contributed by atoms with E-state index in [1.54, 1.807) is 24.5 Å². The van der Waals surface area contributed by atoms with Gasteiger partial charge in [0.15, 0.2) is 0 Å². The van der Waals surface area contributed by atoms with Gasteiger partial charge in [0.2, 0.25) is 5.91 Å². The second kappa shape index (κ2) is 6.26. The fourth-order valence-corrected chi connectivity index (χ4v) is 3.17. The Kier molecular flexibility index (Phi) is 4.16. The summed E-state index contributed by atoms with van der Waals surface area (Å²) >= 11 is 1.40. The quantitative estimate of drug-likeness (QED) is 0.793. The summed E-state index contributed by atoms with van der Waals surface area (Å²) in [6.07, 6.45) is 3.48. The molecule has 0 unspecified atom stereocenters. The van der Waals surface area contributed by atoms with Gasteiger partial charge in [0.25, 0.3) is 0 Å². The molecule has 2 aromatic heterocycles. The van der Waals surface area contributed by atoms with E-state index in [0.29, 0.717) is 21.7 Å². The van der Waals surface area contributed by atoms with Gasteiger partial charge in [0.1, 0.15) is 11.7 Å². The minimum atomic E-state index is -0.630. The van der Waals surface area contributed by atoms with Gasteiger partial charge >= 0.3 is 0 Å². The van der Waals surface area contributed by atoms with Crippen LogP contribution in [-0.2, 0) is 6.67 Å². The van der Waals surface area contributed by atoms with Crippen molar-refractivity contribution in [3.63, 3.8) is 0 Å². The first-order chi connectivity index (χ1) is 11.1. The Bertz CT molecular complexity index is 876. The molecule has 0 aliphatic carbocycles. The number of pyridine rings is 1. The van der Waals surface area contributed by atoms with E-state index >= 15 is 0 Å². The number of halogens is 1. The number of thiazole rings is 1. The summed E-state index contributed by atoms with van der Waals surface area (Å²) in [7, 11) is 0. The number of alkyl halides is 1. The van der Waals surface area contributed by atoms with Crippen LogP contribution in [0.15, 0.2) is 42.0 Å². The van der Waals surface area contributed by atoms with Gasteiger partial charge < -0.3 is 5.73 Å². The molecule has 3 rings (SSSR count). The smallest absolute Gasteiger partial charge is 0.248 e. The van der Waals surface area contributed by atoms with E-state index in [0.717, 1.165) is 16.8 Å². The molecule has 0 aliphatic rings. The van der Waals surface area contributed by atoms with Crippen molar-refractivity contribution < 1.29 is 9.18 Å². The largest absolute Gasteiger partial charge is 0.366 e. The van der Waals surface area contributed by atoms with Gasteiger partial charge in [-0.15, -0.1) is 11.3 Å². The minimum absolute atomic E-state index is 0.339. The van der Waals surface area contributed by atoms with Crippen LogP contribution in [0, 0.1) is 6.92 Å². The monoisotopic (exact) mass is 327 g/mol. The number of nitrogens with two attached hydrogens (primary N) is 1. The van der Waals surface area contributed by atoms with Crippen LogP contribution >= 0.6 is 11.3 Å². The number of aryl methyl sites for hydroxylation is 1. The van der Waals surface area contributed by atoms with E-state index in [1.807, 2.05) is 18.4 Å². The standard InChI is InChI=1S/C17H14FN3OS/c1-10-4-5-20-8-14(10)15-9-23-17(21-15)13-6-11(16(19)22)2-3-12(13)7-18/h2-6,8-9H,7H2,1H3,(H2,19,22). The lowest BCUT2D eigenvalue weighted by atomic mass is 10.0. The molecule has 116 valence electrons. The fourth-order valence-electron chi connectivity index (χ4n) is 2.30. The molecule has 2 N–H and O–H groups in total. The molecule has 0 spiro atoms. The second-order valence-corrected chi connectivity index (χ2v) is 5.96. The predicted molar refractivity (Wildman–Crippen MR) is 88.8 cm³/mol. The second-order valence-electron chi connectivity index (χ2n) is 5.10. The Balaban J connectivity index is 2.08. The highest BCUT2D eigenvalue weighted by Crippen LogP contribution is 2.32. The van der Waals surface area contributed by atoms with E-state index in [4.69, 9.17) is 5.73 Å². The van der Waals surface area contributed by atoms with Crippen molar-refractivity contribution in [2.75, 3.05) is 0 Å².